The fraction of sp³-hybridized carbons (Fsp3) is 0.263. The summed E-state index contributed by atoms with van der Waals surface area (Å²) in [7, 11) is 0. The van der Waals surface area contributed by atoms with Crippen LogP contribution in [-0.2, 0) is 4.79 Å². The molecule has 0 radical (unpaired) electrons. The van der Waals surface area contributed by atoms with Gasteiger partial charge in [-0.3, -0.25) is 9.59 Å². The number of benzene rings is 2. The van der Waals surface area contributed by atoms with Crippen molar-refractivity contribution in [1.29, 1.82) is 0 Å². The van der Waals surface area contributed by atoms with E-state index in [0.29, 0.717) is 11.3 Å². The van der Waals surface area contributed by atoms with Gasteiger partial charge in [0.15, 0.2) is 0 Å². The molecule has 0 aliphatic carbocycles. The standard InChI is InChI=1S/C19H22N2O2/c1-13-7-5-9-15(11-13)20-17(22)14-8-6-10-16(12-14)21-18(23)19(2,3)4/h5-12H,1-4H3,(H,20,22)(H,21,23). The molecule has 0 heterocycles. The molecule has 0 spiro atoms. The lowest BCUT2D eigenvalue weighted by atomic mass is 9.95. The van der Waals surface area contributed by atoms with E-state index in [1.807, 2.05) is 52.0 Å². The van der Waals surface area contributed by atoms with Crippen LogP contribution < -0.4 is 10.6 Å². The van der Waals surface area contributed by atoms with Gasteiger partial charge in [0.05, 0.1) is 0 Å². The van der Waals surface area contributed by atoms with Crippen LogP contribution in [0.25, 0.3) is 0 Å². The highest BCUT2D eigenvalue weighted by molar-refractivity contribution is 6.05. The fourth-order valence-electron chi connectivity index (χ4n) is 1.98. The zero-order valence-electron chi connectivity index (χ0n) is 13.9. The highest BCUT2D eigenvalue weighted by Crippen LogP contribution is 2.19. The summed E-state index contributed by atoms with van der Waals surface area (Å²) < 4.78 is 0. The van der Waals surface area contributed by atoms with E-state index in [4.69, 9.17) is 0 Å². The summed E-state index contributed by atoms with van der Waals surface area (Å²) in [5, 5.41) is 5.69. The Balaban J connectivity index is 2.13. The Hall–Kier alpha value is -2.62. The molecule has 0 atom stereocenters. The van der Waals surface area contributed by atoms with Gasteiger partial charge in [-0.05, 0) is 42.8 Å². The van der Waals surface area contributed by atoms with E-state index in [2.05, 4.69) is 10.6 Å². The maximum absolute atomic E-state index is 12.3. The van der Waals surface area contributed by atoms with Crippen molar-refractivity contribution < 1.29 is 9.59 Å². The van der Waals surface area contributed by atoms with Crippen molar-refractivity contribution in [3.63, 3.8) is 0 Å². The number of nitrogens with one attached hydrogen (secondary N) is 2. The minimum absolute atomic E-state index is 0.0891. The van der Waals surface area contributed by atoms with Crippen LogP contribution in [-0.4, -0.2) is 11.8 Å². The Morgan fingerprint density at radius 1 is 0.870 bits per heavy atom. The number of carbonyl (C=O) groups excluding carboxylic acids is 2. The average Bonchev–Trinajstić information content (AvgIpc) is 2.46. The molecule has 0 aliphatic heterocycles. The van der Waals surface area contributed by atoms with Gasteiger partial charge in [0.2, 0.25) is 5.91 Å². The molecular formula is C19H22N2O2. The first-order valence-corrected chi connectivity index (χ1v) is 7.55. The van der Waals surface area contributed by atoms with Gasteiger partial charge in [-0.2, -0.15) is 0 Å². The number of carbonyl (C=O) groups is 2. The molecule has 2 aromatic rings. The molecule has 2 rings (SSSR count). The van der Waals surface area contributed by atoms with Crippen molar-refractivity contribution in [3.05, 3.63) is 59.7 Å². The van der Waals surface area contributed by atoms with Gasteiger partial charge in [-0.25, -0.2) is 0 Å². The normalized spacial score (nSPS) is 11.0. The Bertz CT molecular complexity index is 730. The number of aryl methyl sites for hydroxylation is 1. The second-order valence-electron chi connectivity index (χ2n) is 6.61. The highest BCUT2D eigenvalue weighted by Gasteiger charge is 2.21. The minimum atomic E-state index is -0.486. The topological polar surface area (TPSA) is 58.2 Å². The monoisotopic (exact) mass is 310 g/mol. The van der Waals surface area contributed by atoms with Gasteiger partial charge < -0.3 is 10.6 Å². The summed E-state index contributed by atoms with van der Waals surface area (Å²) in [6, 6.07) is 14.5. The first kappa shape index (κ1) is 16.7. The van der Waals surface area contributed by atoms with Gasteiger partial charge in [0.25, 0.3) is 5.91 Å². The fourth-order valence-corrected chi connectivity index (χ4v) is 1.98. The highest BCUT2D eigenvalue weighted by atomic mass is 16.2. The zero-order chi connectivity index (χ0) is 17.0. The number of hydrogen-bond acceptors (Lipinski definition) is 2. The lowest BCUT2D eigenvalue weighted by Gasteiger charge is -2.18. The molecule has 120 valence electrons. The second kappa shape index (κ2) is 6.65. The third-order valence-corrected chi connectivity index (χ3v) is 3.34. The van der Waals surface area contributed by atoms with Crippen molar-refractivity contribution in [1.82, 2.24) is 0 Å². The molecule has 0 saturated heterocycles. The Labute approximate surface area is 136 Å². The Kier molecular flexibility index (Phi) is 4.84. The quantitative estimate of drug-likeness (QED) is 0.891. The summed E-state index contributed by atoms with van der Waals surface area (Å²) in [6.07, 6.45) is 0. The Morgan fingerprint density at radius 2 is 1.48 bits per heavy atom. The molecule has 0 fully saturated rings. The first-order chi connectivity index (χ1) is 10.8. The Morgan fingerprint density at radius 3 is 2.09 bits per heavy atom. The van der Waals surface area contributed by atoms with Gasteiger partial charge in [-0.1, -0.05) is 39.0 Å². The molecule has 0 unspecified atom stereocenters. The first-order valence-electron chi connectivity index (χ1n) is 7.55. The second-order valence-corrected chi connectivity index (χ2v) is 6.61. The van der Waals surface area contributed by atoms with Crippen LogP contribution in [0.2, 0.25) is 0 Å². The summed E-state index contributed by atoms with van der Waals surface area (Å²) in [4.78, 5) is 24.4. The van der Waals surface area contributed by atoms with Gasteiger partial charge in [0.1, 0.15) is 0 Å². The number of anilines is 2. The molecule has 0 aromatic heterocycles. The lowest BCUT2D eigenvalue weighted by molar-refractivity contribution is -0.123. The van der Waals surface area contributed by atoms with E-state index in [-0.39, 0.29) is 11.8 Å². The molecular weight excluding hydrogens is 288 g/mol. The van der Waals surface area contributed by atoms with Crippen molar-refractivity contribution in [2.24, 2.45) is 5.41 Å². The van der Waals surface area contributed by atoms with Gasteiger partial charge in [-0.15, -0.1) is 0 Å². The summed E-state index contributed by atoms with van der Waals surface area (Å²) in [5.74, 6) is -0.295. The molecule has 2 N–H and O–H groups in total. The van der Waals surface area contributed by atoms with Crippen molar-refractivity contribution in [2.75, 3.05) is 10.6 Å². The van der Waals surface area contributed by atoms with E-state index in [1.165, 1.54) is 0 Å². The predicted molar refractivity (Wildman–Crippen MR) is 93.7 cm³/mol. The van der Waals surface area contributed by atoms with Crippen molar-refractivity contribution in [2.45, 2.75) is 27.7 Å². The van der Waals surface area contributed by atoms with Crippen LogP contribution in [0.15, 0.2) is 48.5 Å². The van der Waals surface area contributed by atoms with Crippen LogP contribution >= 0.6 is 0 Å². The number of rotatable bonds is 3. The third kappa shape index (κ3) is 4.68. The third-order valence-electron chi connectivity index (χ3n) is 3.34. The van der Waals surface area contributed by atoms with E-state index in [9.17, 15) is 9.59 Å². The van der Waals surface area contributed by atoms with E-state index >= 15 is 0 Å². The predicted octanol–water partition coefficient (Wildman–Crippen LogP) is 4.23. The molecule has 0 aliphatic rings. The zero-order valence-corrected chi connectivity index (χ0v) is 13.9. The lowest BCUT2D eigenvalue weighted by Crippen LogP contribution is -2.27. The van der Waals surface area contributed by atoms with Crippen LogP contribution in [0, 0.1) is 12.3 Å². The summed E-state index contributed by atoms with van der Waals surface area (Å²) in [6.45, 7) is 7.50. The molecule has 0 bridgehead atoms. The average molecular weight is 310 g/mol. The SMILES string of the molecule is Cc1cccc(NC(=O)c2cccc(NC(=O)C(C)(C)C)c2)c1. The molecule has 2 amide bonds. The van der Waals surface area contributed by atoms with Crippen molar-refractivity contribution in [3.8, 4) is 0 Å². The number of hydrogen-bond donors (Lipinski definition) is 2. The van der Waals surface area contributed by atoms with Gasteiger partial charge in [0, 0.05) is 22.4 Å². The molecule has 23 heavy (non-hydrogen) atoms. The molecule has 2 aromatic carbocycles. The molecule has 4 nitrogen and oxygen atoms in total. The van der Waals surface area contributed by atoms with Crippen LogP contribution in [0.5, 0.6) is 0 Å². The molecule has 0 saturated carbocycles. The smallest absolute Gasteiger partial charge is 0.255 e. The maximum atomic E-state index is 12.3. The summed E-state index contributed by atoms with van der Waals surface area (Å²) >= 11 is 0. The number of amides is 2. The minimum Gasteiger partial charge on any atom is -0.326 e. The van der Waals surface area contributed by atoms with Crippen LogP contribution in [0.1, 0.15) is 36.7 Å². The van der Waals surface area contributed by atoms with Gasteiger partial charge >= 0.3 is 0 Å². The van der Waals surface area contributed by atoms with Crippen LogP contribution in [0.3, 0.4) is 0 Å². The maximum Gasteiger partial charge on any atom is 0.255 e. The molecule has 4 heteroatoms. The van der Waals surface area contributed by atoms with E-state index in [1.54, 1.807) is 24.3 Å². The van der Waals surface area contributed by atoms with Crippen LogP contribution in [0.4, 0.5) is 11.4 Å². The van der Waals surface area contributed by atoms with Crippen molar-refractivity contribution >= 4 is 23.2 Å². The van der Waals surface area contributed by atoms with E-state index < -0.39 is 5.41 Å². The summed E-state index contributed by atoms with van der Waals surface area (Å²) in [5.41, 5.74) is 2.45. The van der Waals surface area contributed by atoms with E-state index in [0.717, 1.165) is 11.3 Å². The largest absolute Gasteiger partial charge is 0.326 e.